The second-order valence-electron chi connectivity index (χ2n) is 5.11. The molecule has 0 unspecified atom stereocenters. The van der Waals surface area contributed by atoms with E-state index >= 15 is 0 Å². The van der Waals surface area contributed by atoms with Crippen LogP contribution in [0.1, 0.15) is 38.3 Å². The molecule has 17 heavy (non-hydrogen) atoms. The fourth-order valence-electron chi connectivity index (χ4n) is 1.86. The molecule has 1 aromatic rings. The van der Waals surface area contributed by atoms with Crippen LogP contribution in [0.15, 0.2) is 18.2 Å². The van der Waals surface area contributed by atoms with Crippen LogP contribution in [0.25, 0.3) is 0 Å². The summed E-state index contributed by atoms with van der Waals surface area (Å²) in [5.74, 6) is 0.127. The van der Waals surface area contributed by atoms with Crippen LogP contribution in [0.2, 0.25) is 0 Å². The number of rotatable bonds is 4. The molecule has 3 N–H and O–H groups in total. The van der Waals surface area contributed by atoms with E-state index in [-0.39, 0.29) is 11.4 Å². The highest BCUT2D eigenvalue weighted by atomic mass is 15.2. The Kier molecular flexibility index (Phi) is 3.81. The van der Waals surface area contributed by atoms with Gasteiger partial charge in [0.1, 0.15) is 5.84 Å². The molecule has 0 saturated heterocycles. The van der Waals surface area contributed by atoms with Gasteiger partial charge in [0.05, 0.1) is 5.69 Å². The average molecular weight is 233 g/mol. The Balaban J connectivity index is 3.34. The third-order valence-corrected chi connectivity index (χ3v) is 3.64. The molecule has 0 amide bonds. The number of hydrogen-bond acceptors (Lipinski definition) is 2. The molecule has 0 atom stereocenters. The second kappa shape index (κ2) is 4.78. The Labute approximate surface area is 104 Å². The molecule has 0 heterocycles. The van der Waals surface area contributed by atoms with Gasteiger partial charge in [-0.2, -0.15) is 0 Å². The van der Waals surface area contributed by atoms with E-state index < -0.39 is 0 Å². The number of nitrogens with two attached hydrogens (primary N) is 1. The average Bonchev–Trinajstić information content (AvgIpc) is 2.27. The van der Waals surface area contributed by atoms with Crippen LogP contribution in [0, 0.1) is 12.3 Å². The summed E-state index contributed by atoms with van der Waals surface area (Å²) in [6.07, 6.45) is 1.04. The van der Waals surface area contributed by atoms with Crippen LogP contribution in [-0.4, -0.2) is 18.4 Å². The van der Waals surface area contributed by atoms with Crippen molar-refractivity contribution in [3.05, 3.63) is 29.3 Å². The zero-order chi connectivity index (χ0) is 13.2. The van der Waals surface area contributed by atoms with E-state index in [1.54, 1.807) is 0 Å². The summed E-state index contributed by atoms with van der Waals surface area (Å²) in [4.78, 5) is 2.22. The molecular weight excluding hydrogens is 210 g/mol. The summed E-state index contributed by atoms with van der Waals surface area (Å²) >= 11 is 0. The predicted molar refractivity (Wildman–Crippen MR) is 75.0 cm³/mol. The standard InChI is InChI=1S/C14H23N3/c1-6-14(3,4)17(5)12-10(2)8-7-9-11(12)13(15)16/h7-9H,6H2,1-5H3,(H3,15,16). The van der Waals surface area contributed by atoms with Crippen LogP contribution < -0.4 is 10.6 Å². The van der Waals surface area contributed by atoms with Crippen LogP contribution in [0.3, 0.4) is 0 Å². The lowest BCUT2D eigenvalue weighted by atomic mass is 9.96. The molecule has 0 fully saturated rings. The van der Waals surface area contributed by atoms with Gasteiger partial charge in [-0.3, -0.25) is 5.41 Å². The first kappa shape index (κ1) is 13.6. The van der Waals surface area contributed by atoms with Gasteiger partial charge in [-0.05, 0) is 38.8 Å². The van der Waals surface area contributed by atoms with Gasteiger partial charge in [-0.1, -0.05) is 19.1 Å². The molecule has 0 saturated carbocycles. The van der Waals surface area contributed by atoms with Gasteiger partial charge < -0.3 is 10.6 Å². The molecule has 94 valence electrons. The molecule has 1 rings (SSSR count). The van der Waals surface area contributed by atoms with Crippen molar-refractivity contribution >= 4 is 11.5 Å². The number of anilines is 1. The number of amidine groups is 1. The van der Waals surface area contributed by atoms with E-state index in [1.807, 2.05) is 12.1 Å². The molecule has 0 spiro atoms. The van der Waals surface area contributed by atoms with Crippen molar-refractivity contribution in [1.29, 1.82) is 5.41 Å². The fraction of sp³-hybridized carbons (Fsp3) is 0.500. The van der Waals surface area contributed by atoms with Gasteiger partial charge in [0.2, 0.25) is 0 Å². The van der Waals surface area contributed by atoms with Gasteiger partial charge in [-0.25, -0.2) is 0 Å². The minimum Gasteiger partial charge on any atom is -0.384 e. The third-order valence-electron chi connectivity index (χ3n) is 3.64. The smallest absolute Gasteiger partial charge is 0.124 e. The molecule has 0 aliphatic rings. The fourth-order valence-corrected chi connectivity index (χ4v) is 1.86. The van der Waals surface area contributed by atoms with E-state index in [4.69, 9.17) is 11.1 Å². The van der Waals surface area contributed by atoms with Crippen LogP contribution >= 0.6 is 0 Å². The monoisotopic (exact) mass is 233 g/mol. The molecule has 0 aromatic heterocycles. The maximum atomic E-state index is 7.68. The summed E-state index contributed by atoms with van der Waals surface area (Å²) in [5.41, 5.74) is 8.74. The number of nitrogen functional groups attached to an aromatic ring is 1. The number of benzene rings is 1. The maximum absolute atomic E-state index is 7.68. The lowest BCUT2D eigenvalue weighted by molar-refractivity contribution is 0.470. The number of nitrogens with zero attached hydrogens (tertiary/aromatic N) is 1. The Morgan fingerprint density at radius 2 is 2.00 bits per heavy atom. The van der Waals surface area contributed by atoms with Crippen molar-refractivity contribution in [2.75, 3.05) is 11.9 Å². The van der Waals surface area contributed by atoms with Crippen molar-refractivity contribution in [2.24, 2.45) is 5.73 Å². The summed E-state index contributed by atoms with van der Waals surface area (Å²) in [5, 5.41) is 7.68. The Morgan fingerprint density at radius 3 is 2.47 bits per heavy atom. The number of hydrogen-bond donors (Lipinski definition) is 2. The van der Waals surface area contributed by atoms with Crippen LogP contribution in [0.4, 0.5) is 5.69 Å². The summed E-state index contributed by atoms with van der Waals surface area (Å²) < 4.78 is 0. The van der Waals surface area contributed by atoms with Crippen molar-refractivity contribution in [3.63, 3.8) is 0 Å². The Hall–Kier alpha value is -1.51. The first-order chi connectivity index (χ1) is 7.81. The van der Waals surface area contributed by atoms with Crippen LogP contribution in [0.5, 0.6) is 0 Å². The molecule has 3 heteroatoms. The molecule has 3 nitrogen and oxygen atoms in total. The van der Waals surface area contributed by atoms with Crippen molar-refractivity contribution in [2.45, 2.75) is 39.7 Å². The second-order valence-corrected chi connectivity index (χ2v) is 5.11. The highest BCUT2D eigenvalue weighted by Gasteiger charge is 2.25. The van der Waals surface area contributed by atoms with E-state index in [0.717, 1.165) is 23.2 Å². The van der Waals surface area contributed by atoms with Crippen LogP contribution in [-0.2, 0) is 0 Å². The van der Waals surface area contributed by atoms with E-state index in [9.17, 15) is 0 Å². The molecular formula is C14H23N3. The highest BCUT2D eigenvalue weighted by molar-refractivity contribution is 6.01. The minimum absolute atomic E-state index is 0.0519. The predicted octanol–water partition coefficient (Wildman–Crippen LogP) is 2.90. The van der Waals surface area contributed by atoms with Crippen molar-refractivity contribution < 1.29 is 0 Å². The molecule has 0 radical (unpaired) electrons. The molecule has 0 aliphatic heterocycles. The number of nitrogens with one attached hydrogen (secondary N) is 1. The van der Waals surface area contributed by atoms with Gasteiger partial charge in [0, 0.05) is 18.2 Å². The SMILES string of the molecule is CCC(C)(C)N(C)c1c(C)cccc1C(=N)N. The zero-order valence-corrected chi connectivity index (χ0v) is 11.5. The van der Waals surface area contributed by atoms with Gasteiger partial charge in [-0.15, -0.1) is 0 Å². The molecule has 0 aliphatic carbocycles. The van der Waals surface area contributed by atoms with E-state index in [0.29, 0.717) is 0 Å². The summed E-state index contributed by atoms with van der Waals surface area (Å²) in [6.45, 7) is 8.62. The Morgan fingerprint density at radius 1 is 1.41 bits per heavy atom. The first-order valence-electron chi connectivity index (χ1n) is 5.99. The third kappa shape index (κ3) is 2.60. The highest BCUT2D eigenvalue weighted by Crippen LogP contribution is 2.30. The normalized spacial score (nSPS) is 11.4. The summed E-state index contributed by atoms with van der Waals surface area (Å²) in [6, 6.07) is 5.92. The van der Waals surface area contributed by atoms with E-state index in [2.05, 4.69) is 45.7 Å². The van der Waals surface area contributed by atoms with Crippen molar-refractivity contribution in [3.8, 4) is 0 Å². The topological polar surface area (TPSA) is 53.1 Å². The largest absolute Gasteiger partial charge is 0.384 e. The van der Waals surface area contributed by atoms with Gasteiger partial charge in [0.15, 0.2) is 0 Å². The number of para-hydroxylation sites is 1. The van der Waals surface area contributed by atoms with E-state index in [1.165, 1.54) is 0 Å². The lowest BCUT2D eigenvalue weighted by Crippen LogP contribution is -2.42. The molecule has 1 aromatic carbocycles. The lowest BCUT2D eigenvalue weighted by Gasteiger charge is -2.38. The zero-order valence-electron chi connectivity index (χ0n) is 11.5. The van der Waals surface area contributed by atoms with Crippen molar-refractivity contribution in [1.82, 2.24) is 0 Å². The molecule has 0 bridgehead atoms. The summed E-state index contributed by atoms with van der Waals surface area (Å²) in [7, 11) is 2.07. The maximum Gasteiger partial charge on any atom is 0.124 e. The van der Waals surface area contributed by atoms with Gasteiger partial charge in [0.25, 0.3) is 0 Å². The Bertz CT molecular complexity index is 421. The number of aryl methyl sites for hydroxylation is 1. The first-order valence-corrected chi connectivity index (χ1v) is 5.99. The quantitative estimate of drug-likeness (QED) is 0.620. The van der Waals surface area contributed by atoms with Gasteiger partial charge >= 0.3 is 0 Å². The minimum atomic E-state index is 0.0519.